The quantitative estimate of drug-likeness (QED) is 0.898. The number of aliphatic carboxylic acids is 1. The minimum Gasteiger partial charge on any atom is -0.481 e. The van der Waals surface area contributed by atoms with Gasteiger partial charge < -0.3 is 10.0 Å². The van der Waals surface area contributed by atoms with Crippen molar-refractivity contribution in [3.8, 4) is 0 Å². The molecular formula is C17H21N3O4S. The highest BCUT2D eigenvalue weighted by Crippen LogP contribution is 2.23. The number of thiazole rings is 1. The third-order valence-corrected chi connectivity index (χ3v) is 5.89. The molecule has 1 fully saturated rings. The van der Waals surface area contributed by atoms with Gasteiger partial charge in [0.15, 0.2) is 4.96 Å². The molecule has 7 nitrogen and oxygen atoms in total. The van der Waals surface area contributed by atoms with E-state index in [1.807, 2.05) is 13.8 Å². The Morgan fingerprint density at radius 1 is 1.40 bits per heavy atom. The van der Waals surface area contributed by atoms with Crippen LogP contribution in [0.2, 0.25) is 0 Å². The van der Waals surface area contributed by atoms with Gasteiger partial charge in [-0.25, -0.2) is 4.98 Å². The fourth-order valence-corrected chi connectivity index (χ4v) is 4.24. The van der Waals surface area contributed by atoms with E-state index in [-0.39, 0.29) is 29.4 Å². The lowest BCUT2D eigenvalue weighted by Gasteiger charge is -2.32. The van der Waals surface area contributed by atoms with E-state index in [2.05, 4.69) is 4.98 Å². The Morgan fingerprint density at radius 2 is 2.16 bits per heavy atom. The lowest BCUT2D eigenvalue weighted by atomic mass is 9.93. The van der Waals surface area contributed by atoms with Crippen LogP contribution in [0.5, 0.6) is 0 Å². The molecule has 2 aromatic heterocycles. The number of piperidine rings is 1. The van der Waals surface area contributed by atoms with Crippen LogP contribution in [0.15, 0.2) is 11.0 Å². The van der Waals surface area contributed by atoms with Gasteiger partial charge in [-0.15, -0.1) is 11.3 Å². The normalized spacial score (nSPS) is 17.8. The first-order chi connectivity index (χ1) is 11.9. The number of rotatable bonds is 4. The van der Waals surface area contributed by atoms with E-state index in [1.165, 1.54) is 21.9 Å². The lowest BCUT2D eigenvalue weighted by Crippen LogP contribution is -2.42. The lowest BCUT2D eigenvalue weighted by molar-refractivity contribution is -0.137. The Morgan fingerprint density at radius 3 is 2.88 bits per heavy atom. The van der Waals surface area contributed by atoms with Crippen LogP contribution in [0.4, 0.5) is 0 Å². The third kappa shape index (κ3) is 3.44. The molecule has 1 saturated heterocycles. The van der Waals surface area contributed by atoms with Crippen LogP contribution in [-0.4, -0.2) is 44.4 Å². The number of nitrogens with zero attached hydrogens (tertiary/aromatic N) is 3. The van der Waals surface area contributed by atoms with Gasteiger partial charge >= 0.3 is 5.97 Å². The average molecular weight is 363 g/mol. The number of fused-ring (bicyclic) bond motifs is 1. The van der Waals surface area contributed by atoms with Crippen molar-refractivity contribution in [2.45, 2.75) is 39.5 Å². The first kappa shape index (κ1) is 17.6. The summed E-state index contributed by atoms with van der Waals surface area (Å²) in [5, 5.41) is 8.83. The maximum absolute atomic E-state index is 12.8. The topological polar surface area (TPSA) is 92.0 Å². The number of aromatic nitrogens is 2. The van der Waals surface area contributed by atoms with Crippen LogP contribution in [-0.2, 0) is 4.79 Å². The number of carbonyl (C=O) groups excluding carboxylic acids is 1. The van der Waals surface area contributed by atoms with Crippen LogP contribution < -0.4 is 5.56 Å². The second-order valence-corrected chi connectivity index (χ2v) is 7.71. The molecule has 3 rings (SSSR count). The van der Waals surface area contributed by atoms with Gasteiger partial charge in [-0.05, 0) is 39.0 Å². The summed E-state index contributed by atoms with van der Waals surface area (Å²) in [5.74, 6) is -0.965. The molecule has 1 amide bonds. The van der Waals surface area contributed by atoms with Crippen LogP contribution >= 0.6 is 11.3 Å². The first-order valence-electron chi connectivity index (χ1n) is 8.37. The van der Waals surface area contributed by atoms with Crippen LogP contribution in [0.25, 0.3) is 4.96 Å². The molecule has 0 radical (unpaired) electrons. The molecule has 0 spiro atoms. The molecule has 1 atom stereocenters. The molecule has 3 heterocycles. The van der Waals surface area contributed by atoms with Gasteiger partial charge in [0.1, 0.15) is 5.56 Å². The summed E-state index contributed by atoms with van der Waals surface area (Å²) in [6.45, 7) is 4.86. The number of carboxylic acid groups (broad SMARTS) is 1. The predicted octanol–water partition coefficient (Wildman–Crippen LogP) is 2.09. The standard InChI is InChI=1S/C17H21N3O4S/c1-10-11(2)25-17-18-8-13(16(24)20(10)17)15(23)19-7-3-4-12(9-19)5-6-14(21)22/h8,12H,3-7,9H2,1-2H3,(H,21,22). The van der Waals surface area contributed by atoms with Gasteiger partial charge in [-0.2, -0.15) is 0 Å². The minimum absolute atomic E-state index is 0.0808. The highest BCUT2D eigenvalue weighted by atomic mass is 32.1. The van der Waals surface area contributed by atoms with E-state index in [0.717, 1.165) is 23.4 Å². The molecule has 2 aromatic rings. The van der Waals surface area contributed by atoms with Crippen molar-refractivity contribution in [1.29, 1.82) is 0 Å². The molecule has 0 bridgehead atoms. The smallest absolute Gasteiger partial charge is 0.303 e. The van der Waals surface area contributed by atoms with Gasteiger partial charge in [-0.1, -0.05) is 0 Å². The highest BCUT2D eigenvalue weighted by molar-refractivity contribution is 7.17. The summed E-state index contributed by atoms with van der Waals surface area (Å²) in [6, 6.07) is 0. The Hall–Kier alpha value is -2.22. The van der Waals surface area contributed by atoms with Crippen molar-refractivity contribution in [2.75, 3.05) is 13.1 Å². The number of carbonyl (C=O) groups is 2. The Labute approximate surface area is 148 Å². The van der Waals surface area contributed by atoms with E-state index in [4.69, 9.17) is 5.11 Å². The maximum atomic E-state index is 12.8. The highest BCUT2D eigenvalue weighted by Gasteiger charge is 2.27. The van der Waals surface area contributed by atoms with Crippen molar-refractivity contribution in [1.82, 2.24) is 14.3 Å². The van der Waals surface area contributed by atoms with Crippen molar-refractivity contribution >= 4 is 28.2 Å². The van der Waals surface area contributed by atoms with E-state index in [0.29, 0.717) is 24.5 Å². The zero-order valence-corrected chi connectivity index (χ0v) is 15.1. The van der Waals surface area contributed by atoms with Gasteiger partial charge in [0.25, 0.3) is 11.5 Å². The number of amides is 1. The van der Waals surface area contributed by atoms with Crippen molar-refractivity contribution in [3.05, 3.63) is 32.7 Å². The van der Waals surface area contributed by atoms with Crippen LogP contribution in [0, 0.1) is 19.8 Å². The summed E-state index contributed by atoms with van der Waals surface area (Å²) in [7, 11) is 0. The second-order valence-electron chi connectivity index (χ2n) is 6.53. The monoisotopic (exact) mass is 363 g/mol. The fraction of sp³-hybridized carbons (Fsp3) is 0.529. The molecule has 134 valence electrons. The van der Waals surface area contributed by atoms with Crippen molar-refractivity contribution in [2.24, 2.45) is 5.92 Å². The maximum Gasteiger partial charge on any atom is 0.303 e. The molecule has 1 aliphatic heterocycles. The molecule has 0 aromatic carbocycles. The first-order valence-corrected chi connectivity index (χ1v) is 9.19. The van der Waals surface area contributed by atoms with Crippen LogP contribution in [0.3, 0.4) is 0 Å². The molecular weight excluding hydrogens is 342 g/mol. The van der Waals surface area contributed by atoms with Crippen molar-refractivity contribution < 1.29 is 14.7 Å². The largest absolute Gasteiger partial charge is 0.481 e. The Bertz CT molecular complexity index is 886. The van der Waals surface area contributed by atoms with E-state index in [1.54, 1.807) is 4.90 Å². The summed E-state index contributed by atoms with van der Waals surface area (Å²) < 4.78 is 1.50. The molecule has 0 saturated carbocycles. The fourth-order valence-electron chi connectivity index (χ4n) is 3.31. The number of hydrogen-bond acceptors (Lipinski definition) is 5. The summed E-state index contributed by atoms with van der Waals surface area (Å²) in [5.41, 5.74) is 0.562. The van der Waals surface area contributed by atoms with Gasteiger partial charge in [0.05, 0.1) is 0 Å². The van der Waals surface area contributed by atoms with Gasteiger partial charge in [-0.3, -0.25) is 18.8 Å². The Balaban J connectivity index is 1.84. The van der Waals surface area contributed by atoms with Crippen molar-refractivity contribution in [3.63, 3.8) is 0 Å². The Kier molecular flexibility index (Phi) is 4.89. The SMILES string of the molecule is Cc1sc2ncc(C(=O)N3CCCC(CCC(=O)O)C3)c(=O)n2c1C. The summed E-state index contributed by atoms with van der Waals surface area (Å²) in [6.07, 6.45) is 3.77. The molecule has 1 unspecified atom stereocenters. The summed E-state index contributed by atoms with van der Waals surface area (Å²) in [4.78, 5) is 43.9. The molecule has 1 aliphatic rings. The number of carboxylic acids is 1. The van der Waals surface area contributed by atoms with Gasteiger partial charge in [0.2, 0.25) is 0 Å². The molecule has 8 heteroatoms. The minimum atomic E-state index is -0.820. The average Bonchev–Trinajstić information content (AvgIpc) is 2.88. The molecule has 25 heavy (non-hydrogen) atoms. The van der Waals surface area contributed by atoms with E-state index in [9.17, 15) is 14.4 Å². The number of likely N-dealkylation sites (tertiary alicyclic amines) is 1. The second kappa shape index (κ2) is 6.95. The number of hydrogen-bond donors (Lipinski definition) is 1. The zero-order chi connectivity index (χ0) is 18.1. The molecule has 1 N–H and O–H groups in total. The number of aryl methyl sites for hydroxylation is 2. The van der Waals surface area contributed by atoms with E-state index < -0.39 is 5.97 Å². The van der Waals surface area contributed by atoms with E-state index >= 15 is 0 Å². The predicted molar refractivity (Wildman–Crippen MR) is 94.3 cm³/mol. The molecule has 0 aliphatic carbocycles. The summed E-state index contributed by atoms with van der Waals surface area (Å²) >= 11 is 1.43. The zero-order valence-electron chi connectivity index (χ0n) is 14.3. The third-order valence-electron chi connectivity index (χ3n) is 4.82. The van der Waals surface area contributed by atoms with Crippen LogP contribution in [0.1, 0.15) is 46.6 Å². The van der Waals surface area contributed by atoms with Gasteiger partial charge in [0, 0.05) is 36.3 Å².